The molecule has 0 spiro atoms. The predicted octanol–water partition coefficient (Wildman–Crippen LogP) is 3.60. The van der Waals surface area contributed by atoms with Crippen LogP contribution >= 0.6 is 11.3 Å². The maximum atomic E-state index is 11.8. The monoisotopic (exact) mass is 330 g/mol. The van der Waals surface area contributed by atoms with Gasteiger partial charge >= 0.3 is 6.09 Å². The largest absolute Gasteiger partial charge is 0.445 e. The van der Waals surface area contributed by atoms with Crippen LogP contribution in [0.2, 0.25) is 0 Å². The lowest BCUT2D eigenvalue weighted by molar-refractivity contribution is 0.125. The number of nitrogens with one attached hydrogen (secondary N) is 2. The Balaban J connectivity index is 1.31. The number of carbonyl (C=O) groups is 1. The molecule has 1 heterocycles. The Morgan fingerprint density at radius 2 is 2.00 bits per heavy atom. The van der Waals surface area contributed by atoms with E-state index in [2.05, 4.69) is 29.0 Å². The summed E-state index contributed by atoms with van der Waals surface area (Å²) in [6.45, 7) is 3.37. The summed E-state index contributed by atoms with van der Waals surface area (Å²) in [5.74, 6) is 0. The van der Waals surface area contributed by atoms with Crippen LogP contribution in [0.5, 0.6) is 0 Å². The van der Waals surface area contributed by atoms with Crippen molar-refractivity contribution in [3.8, 4) is 0 Å². The molecular formula is C18H22N2O2S. The highest BCUT2D eigenvalue weighted by Crippen LogP contribution is 2.22. The van der Waals surface area contributed by atoms with Crippen molar-refractivity contribution in [2.75, 3.05) is 0 Å². The third-order valence-electron chi connectivity index (χ3n) is 4.19. The van der Waals surface area contributed by atoms with Crippen molar-refractivity contribution >= 4 is 17.4 Å². The maximum Gasteiger partial charge on any atom is 0.407 e. The van der Waals surface area contributed by atoms with Gasteiger partial charge in [-0.05, 0) is 42.3 Å². The summed E-state index contributed by atoms with van der Waals surface area (Å²) >= 11 is 1.79. The topological polar surface area (TPSA) is 50.4 Å². The molecule has 122 valence electrons. The number of alkyl carbamates (subject to hydrolysis) is 1. The second kappa shape index (κ2) is 7.62. The van der Waals surface area contributed by atoms with Crippen molar-refractivity contribution in [1.82, 2.24) is 10.6 Å². The number of benzene rings is 1. The predicted molar refractivity (Wildman–Crippen MR) is 92.5 cm³/mol. The van der Waals surface area contributed by atoms with Crippen molar-refractivity contribution in [2.45, 2.75) is 45.0 Å². The van der Waals surface area contributed by atoms with Gasteiger partial charge in [0.1, 0.15) is 6.61 Å². The minimum Gasteiger partial charge on any atom is -0.445 e. The van der Waals surface area contributed by atoms with Crippen LogP contribution in [0, 0.1) is 6.92 Å². The van der Waals surface area contributed by atoms with E-state index in [-0.39, 0.29) is 12.1 Å². The zero-order chi connectivity index (χ0) is 16.1. The normalized spacial score (nSPS) is 19.9. The van der Waals surface area contributed by atoms with E-state index in [0.29, 0.717) is 12.6 Å². The molecule has 2 aromatic rings. The molecule has 3 rings (SSSR count). The Morgan fingerprint density at radius 3 is 2.70 bits per heavy atom. The van der Waals surface area contributed by atoms with Crippen molar-refractivity contribution in [2.24, 2.45) is 0 Å². The molecule has 1 aliphatic rings. The first kappa shape index (κ1) is 16.0. The highest BCUT2D eigenvalue weighted by atomic mass is 32.1. The number of hydrogen-bond acceptors (Lipinski definition) is 4. The molecule has 1 fully saturated rings. The van der Waals surface area contributed by atoms with Gasteiger partial charge in [0.05, 0.1) is 0 Å². The van der Waals surface area contributed by atoms with E-state index in [1.54, 1.807) is 11.3 Å². The van der Waals surface area contributed by atoms with Gasteiger partial charge in [-0.3, -0.25) is 0 Å². The number of rotatable bonds is 6. The molecular weight excluding hydrogens is 308 g/mol. The fourth-order valence-electron chi connectivity index (χ4n) is 2.66. The average molecular weight is 330 g/mol. The van der Waals surface area contributed by atoms with Crippen molar-refractivity contribution in [1.29, 1.82) is 0 Å². The Labute approximate surface area is 140 Å². The molecule has 0 radical (unpaired) electrons. The molecule has 2 N–H and O–H groups in total. The Bertz CT molecular complexity index is 635. The van der Waals surface area contributed by atoms with E-state index in [9.17, 15) is 4.79 Å². The van der Waals surface area contributed by atoms with Crippen LogP contribution in [0.4, 0.5) is 4.79 Å². The van der Waals surface area contributed by atoms with E-state index in [1.807, 2.05) is 30.3 Å². The van der Waals surface area contributed by atoms with Gasteiger partial charge in [-0.15, -0.1) is 11.3 Å². The second-order valence-electron chi connectivity index (χ2n) is 5.98. The summed E-state index contributed by atoms with van der Waals surface area (Å²) in [4.78, 5) is 13.2. The molecule has 0 aliphatic heterocycles. The lowest BCUT2D eigenvalue weighted by Gasteiger charge is -2.36. The number of carbonyl (C=O) groups excluding carboxylic acids is 1. The fraction of sp³-hybridized carbons (Fsp3) is 0.389. The minimum absolute atomic E-state index is 0.222. The number of aryl methyl sites for hydroxylation is 1. The van der Waals surface area contributed by atoms with Gasteiger partial charge in [0, 0.05) is 23.5 Å². The molecule has 0 bridgehead atoms. The third-order valence-corrected chi connectivity index (χ3v) is 5.22. The first-order valence-electron chi connectivity index (χ1n) is 7.94. The Hall–Kier alpha value is -1.85. The van der Waals surface area contributed by atoms with Crippen LogP contribution in [0.1, 0.15) is 28.8 Å². The summed E-state index contributed by atoms with van der Waals surface area (Å²) in [5.41, 5.74) is 2.35. The van der Waals surface area contributed by atoms with Crippen molar-refractivity contribution in [3.63, 3.8) is 0 Å². The molecule has 0 unspecified atom stereocenters. The lowest BCUT2D eigenvalue weighted by atomic mass is 9.87. The van der Waals surface area contributed by atoms with Crippen LogP contribution in [0.15, 0.2) is 41.8 Å². The number of thiophene rings is 1. The van der Waals surface area contributed by atoms with E-state index in [0.717, 1.165) is 24.9 Å². The number of ether oxygens (including phenoxy) is 1. The standard InChI is InChI=1S/C18H22N2O2S/c1-13-7-8-23-17(13)11-19-15-9-16(10-15)20-18(21)22-12-14-5-3-2-4-6-14/h2-8,15-16,19H,9-12H2,1H3,(H,20,21). The molecule has 23 heavy (non-hydrogen) atoms. The molecule has 4 nitrogen and oxygen atoms in total. The van der Waals surface area contributed by atoms with Gasteiger partial charge in [-0.2, -0.15) is 0 Å². The summed E-state index contributed by atoms with van der Waals surface area (Å²) in [5, 5.41) is 8.59. The zero-order valence-electron chi connectivity index (χ0n) is 13.2. The average Bonchev–Trinajstić information content (AvgIpc) is 2.93. The van der Waals surface area contributed by atoms with Gasteiger partial charge in [0.2, 0.25) is 0 Å². The quantitative estimate of drug-likeness (QED) is 0.851. The van der Waals surface area contributed by atoms with Crippen LogP contribution in [0.3, 0.4) is 0 Å². The van der Waals surface area contributed by atoms with Crippen LogP contribution in [0.25, 0.3) is 0 Å². The lowest BCUT2D eigenvalue weighted by Crippen LogP contribution is -2.52. The van der Waals surface area contributed by atoms with Gasteiger partial charge in [0.15, 0.2) is 0 Å². The van der Waals surface area contributed by atoms with E-state index in [1.165, 1.54) is 10.4 Å². The molecule has 1 saturated carbocycles. The van der Waals surface area contributed by atoms with Crippen molar-refractivity contribution < 1.29 is 9.53 Å². The van der Waals surface area contributed by atoms with Gasteiger partial charge in [-0.1, -0.05) is 30.3 Å². The minimum atomic E-state index is -0.327. The molecule has 1 aromatic heterocycles. The number of amides is 1. The van der Waals surface area contributed by atoms with Gasteiger partial charge < -0.3 is 15.4 Å². The van der Waals surface area contributed by atoms with E-state index < -0.39 is 0 Å². The highest BCUT2D eigenvalue weighted by Gasteiger charge is 2.30. The first-order valence-corrected chi connectivity index (χ1v) is 8.82. The van der Waals surface area contributed by atoms with E-state index >= 15 is 0 Å². The fourth-order valence-corrected chi connectivity index (χ4v) is 3.51. The molecule has 1 amide bonds. The molecule has 5 heteroatoms. The summed E-state index contributed by atoms with van der Waals surface area (Å²) in [6, 6.07) is 12.6. The first-order chi connectivity index (χ1) is 11.2. The summed E-state index contributed by atoms with van der Waals surface area (Å²) in [7, 11) is 0. The van der Waals surface area contributed by atoms with Crippen LogP contribution in [-0.4, -0.2) is 18.2 Å². The molecule has 0 atom stereocenters. The molecule has 1 aliphatic carbocycles. The highest BCUT2D eigenvalue weighted by molar-refractivity contribution is 7.10. The molecule has 0 saturated heterocycles. The SMILES string of the molecule is Cc1ccsc1CNC1CC(NC(=O)OCc2ccccc2)C1. The van der Waals surface area contributed by atoms with Crippen molar-refractivity contribution in [3.05, 3.63) is 57.8 Å². The zero-order valence-corrected chi connectivity index (χ0v) is 14.1. The maximum absolute atomic E-state index is 11.8. The smallest absolute Gasteiger partial charge is 0.407 e. The Morgan fingerprint density at radius 1 is 1.22 bits per heavy atom. The van der Waals surface area contributed by atoms with Gasteiger partial charge in [0.25, 0.3) is 0 Å². The van der Waals surface area contributed by atoms with Crippen LogP contribution < -0.4 is 10.6 Å². The Kier molecular flexibility index (Phi) is 5.31. The third kappa shape index (κ3) is 4.56. The van der Waals surface area contributed by atoms with Crippen LogP contribution in [-0.2, 0) is 17.9 Å². The van der Waals surface area contributed by atoms with Gasteiger partial charge in [-0.25, -0.2) is 4.79 Å². The number of hydrogen-bond donors (Lipinski definition) is 2. The molecule has 1 aromatic carbocycles. The summed E-state index contributed by atoms with van der Waals surface area (Å²) in [6.07, 6.45) is 1.60. The second-order valence-corrected chi connectivity index (χ2v) is 6.98. The van der Waals surface area contributed by atoms with E-state index in [4.69, 9.17) is 4.74 Å². The summed E-state index contributed by atoms with van der Waals surface area (Å²) < 4.78 is 5.24.